The third-order valence-electron chi connectivity index (χ3n) is 7.19. The minimum absolute atomic E-state index is 0.00654. The van der Waals surface area contributed by atoms with E-state index in [1.807, 2.05) is 13.1 Å². The number of aromatic amines is 1. The Morgan fingerprint density at radius 2 is 1.92 bits per heavy atom. The Hall–Kier alpha value is -2.63. The number of fused-ring (bicyclic) bond motifs is 2. The molecule has 6 rings (SSSR count). The van der Waals surface area contributed by atoms with Gasteiger partial charge in [0.1, 0.15) is 29.9 Å². The first kappa shape index (κ1) is 24.7. The minimum atomic E-state index is -0.672. The van der Waals surface area contributed by atoms with E-state index in [0.717, 1.165) is 18.5 Å². The summed E-state index contributed by atoms with van der Waals surface area (Å²) in [5.74, 6) is -1.15. The van der Waals surface area contributed by atoms with Crippen molar-refractivity contribution in [1.29, 1.82) is 0 Å². The molecule has 0 aliphatic carbocycles. The molecule has 0 spiro atoms. The fraction of sp³-hybridized carbons (Fsp3) is 0.462. The lowest BCUT2D eigenvalue weighted by Crippen LogP contribution is -2.34. The molecule has 0 amide bonds. The topological polar surface area (TPSA) is 92.7 Å². The molecule has 0 unspecified atom stereocenters. The van der Waals surface area contributed by atoms with Crippen molar-refractivity contribution in [2.45, 2.75) is 43.7 Å². The second-order valence-corrected chi connectivity index (χ2v) is 10.2. The standard InChI is InChI=1S/C26H27ClF2N4O4/c1-33-6-2-3-13(10-33)14-7-17(28)15(18(29)8-14)4-5-19-16(27)9-20-25(30-19)32-26(31-20)37-22-12-36-23-21(34)11-35-24(22)23/h3,7-9,21-24,34H,2,4-6,10-12H2,1H3,(H,30,31,32)/t21-,22-,23-,24-/m1/s1. The normalized spacial score (nSPS) is 26.0. The minimum Gasteiger partial charge on any atom is -0.456 e. The van der Waals surface area contributed by atoms with Crippen LogP contribution in [0.3, 0.4) is 0 Å². The smallest absolute Gasteiger partial charge is 0.296 e. The Kier molecular flexibility index (Phi) is 6.62. The highest BCUT2D eigenvalue weighted by Crippen LogP contribution is 2.31. The van der Waals surface area contributed by atoms with Crippen molar-refractivity contribution in [3.63, 3.8) is 0 Å². The van der Waals surface area contributed by atoms with Gasteiger partial charge in [0, 0.05) is 18.7 Å². The number of aryl methyl sites for hydroxylation is 1. The molecule has 2 fully saturated rings. The molecule has 8 nitrogen and oxygen atoms in total. The molecular weight excluding hydrogens is 506 g/mol. The van der Waals surface area contributed by atoms with Crippen LogP contribution in [0.5, 0.6) is 6.01 Å². The summed E-state index contributed by atoms with van der Waals surface area (Å²) in [6, 6.07) is 4.71. The number of likely N-dealkylation sites (N-methyl/N-ethyl adjacent to an activating group) is 1. The van der Waals surface area contributed by atoms with Crippen LogP contribution < -0.4 is 4.74 Å². The summed E-state index contributed by atoms with van der Waals surface area (Å²) < 4.78 is 46.9. The van der Waals surface area contributed by atoms with Crippen LogP contribution in [0.15, 0.2) is 24.3 Å². The van der Waals surface area contributed by atoms with Gasteiger partial charge in [-0.1, -0.05) is 17.7 Å². The van der Waals surface area contributed by atoms with E-state index >= 15 is 0 Å². The van der Waals surface area contributed by atoms with Crippen LogP contribution in [0.1, 0.15) is 23.2 Å². The summed E-state index contributed by atoms with van der Waals surface area (Å²) in [4.78, 5) is 14.1. The van der Waals surface area contributed by atoms with E-state index in [0.29, 0.717) is 34.0 Å². The number of nitrogens with one attached hydrogen (secondary N) is 1. The van der Waals surface area contributed by atoms with Gasteiger partial charge in [0.15, 0.2) is 11.8 Å². The molecular formula is C26H27ClF2N4O4. The summed E-state index contributed by atoms with van der Waals surface area (Å²) in [6.45, 7) is 2.07. The maximum absolute atomic E-state index is 14.9. The number of aromatic nitrogens is 3. The first-order valence-electron chi connectivity index (χ1n) is 12.3. The van der Waals surface area contributed by atoms with Crippen LogP contribution in [0.25, 0.3) is 16.7 Å². The van der Waals surface area contributed by atoms with Crippen LogP contribution >= 0.6 is 11.6 Å². The average molecular weight is 533 g/mol. The van der Waals surface area contributed by atoms with E-state index in [-0.39, 0.29) is 43.7 Å². The number of pyridine rings is 1. The van der Waals surface area contributed by atoms with E-state index in [9.17, 15) is 13.9 Å². The Morgan fingerprint density at radius 3 is 2.70 bits per heavy atom. The van der Waals surface area contributed by atoms with Crippen molar-refractivity contribution in [2.24, 2.45) is 0 Å². The van der Waals surface area contributed by atoms with Gasteiger partial charge in [-0.2, -0.15) is 4.98 Å². The van der Waals surface area contributed by atoms with E-state index in [4.69, 9.17) is 25.8 Å². The van der Waals surface area contributed by atoms with E-state index in [2.05, 4.69) is 19.9 Å². The van der Waals surface area contributed by atoms with Gasteiger partial charge in [0.05, 0.1) is 29.4 Å². The van der Waals surface area contributed by atoms with Crippen LogP contribution in [-0.2, 0) is 22.3 Å². The van der Waals surface area contributed by atoms with Gasteiger partial charge in [-0.3, -0.25) is 0 Å². The molecule has 196 valence electrons. The van der Waals surface area contributed by atoms with Gasteiger partial charge < -0.3 is 29.2 Å². The number of benzene rings is 1. The van der Waals surface area contributed by atoms with Gasteiger partial charge in [-0.05, 0) is 55.6 Å². The predicted molar refractivity (Wildman–Crippen MR) is 133 cm³/mol. The molecule has 0 saturated carbocycles. The second kappa shape index (κ2) is 9.92. The summed E-state index contributed by atoms with van der Waals surface area (Å²) in [5.41, 5.74) is 2.94. The number of hydrogen-bond donors (Lipinski definition) is 2. The van der Waals surface area contributed by atoms with E-state index in [1.165, 1.54) is 12.1 Å². The molecule has 1 aromatic carbocycles. The fourth-order valence-electron chi connectivity index (χ4n) is 5.23. The molecule has 4 atom stereocenters. The Morgan fingerprint density at radius 1 is 1.14 bits per heavy atom. The summed E-state index contributed by atoms with van der Waals surface area (Å²) >= 11 is 6.44. The number of imidazole rings is 1. The van der Waals surface area contributed by atoms with Crippen LogP contribution in [0.2, 0.25) is 5.02 Å². The molecule has 37 heavy (non-hydrogen) atoms. The fourth-order valence-corrected chi connectivity index (χ4v) is 5.47. The molecule has 3 aliphatic heterocycles. The molecule has 0 radical (unpaired) electrons. The number of hydrogen-bond acceptors (Lipinski definition) is 7. The van der Waals surface area contributed by atoms with E-state index in [1.54, 1.807) is 6.07 Å². The number of rotatable bonds is 6. The highest BCUT2D eigenvalue weighted by atomic mass is 35.5. The largest absolute Gasteiger partial charge is 0.456 e. The Balaban J connectivity index is 1.16. The predicted octanol–water partition coefficient (Wildman–Crippen LogP) is 3.30. The zero-order valence-electron chi connectivity index (χ0n) is 20.2. The summed E-state index contributed by atoms with van der Waals surface area (Å²) in [5, 5.41) is 10.3. The van der Waals surface area contributed by atoms with Gasteiger partial charge in [-0.25, -0.2) is 13.8 Å². The van der Waals surface area contributed by atoms with Crippen LogP contribution in [0.4, 0.5) is 8.78 Å². The van der Waals surface area contributed by atoms with Crippen LogP contribution in [0, 0.1) is 11.6 Å². The van der Waals surface area contributed by atoms with Crippen molar-refractivity contribution in [3.8, 4) is 6.01 Å². The zero-order chi connectivity index (χ0) is 25.7. The van der Waals surface area contributed by atoms with Crippen molar-refractivity contribution >= 4 is 28.3 Å². The molecule has 3 aliphatic rings. The first-order chi connectivity index (χ1) is 17.9. The average Bonchev–Trinajstić information content (AvgIpc) is 3.55. The van der Waals surface area contributed by atoms with Gasteiger partial charge >= 0.3 is 0 Å². The first-order valence-corrected chi connectivity index (χ1v) is 12.7. The Labute approximate surface area is 217 Å². The molecule has 5 heterocycles. The maximum atomic E-state index is 14.9. The lowest BCUT2D eigenvalue weighted by molar-refractivity contribution is 0.00706. The SMILES string of the molecule is CN1CCC=C(c2cc(F)c(CCc3nc4nc(O[C@@H]5CO[C@H]6[C@@H]5OC[C@H]6O)[nH]c4cc3Cl)c(F)c2)C1. The summed E-state index contributed by atoms with van der Waals surface area (Å²) in [6.07, 6.45) is 1.36. The highest BCUT2D eigenvalue weighted by molar-refractivity contribution is 6.31. The lowest BCUT2D eigenvalue weighted by Gasteiger charge is -2.23. The van der Waals surface area contributed by atoms with Gasteiger partial charge in [0.25, 0.3) is 6.01 Å². The van der Waals surface area contributed by atoms with Gasteiger partial charge in [0.2, 0.25) is 0 Å². The molecule has 2 saturated heterocycles. The van der Waals surface area contributed by atoms with Crippen molar-refractivity contribution in [3.05, 3.63) is 57.8 Å². The number of ether oxygens (including phenoxy) is 3. The number of aliphatic hydroxyl groups is 1. The third kappa shape index (κ3) is 4.84. The second-order valence-electron chi connectivity index (χ2n) is 9.82. The van der Waals surface area contributed by atoms with Crippen molar-refractivity contribution < 1.29 is 28.1 Å². The maximum Gasteiger partial charge on any atom is 0.296 e. The monoisotopic (exact) mass is 532 g/mol. The van der Waals surface area contributed by atoms with Gasteiger partial charge in [-0.15, -0.1) is 0 Å². The number of nitrogens with zero attached hydrogens (tertiary/aromatic N) is 3. The van der Waals surface area contributed by atoms with Crippen molar-refractivity contribution in [2.75, 3.05) is 33.4 Å². The molecule has 11 heteroatoms. The quantitative estimate of drug-likeness (QED) is 0.503. The Bertz CT molecular complexity index is 1340. The molecule has 0 bridgehead atoms. The molecule has 3 aromatic rings. The summed E-state index contributed by atoms with van der Waals surface area (Å²) in [7, 11) is 1.99. The van der Waals surface area contributed by atoms with Crippen molar-refractivity contribution in [1.82, 2.24) is 19.9 Å². The van der Waals surface area contributed by atoms with E-state index < -0.39 is 29.9 Å². The lowest BCUT2D eigenvalue weighted by atomic mass is 9.97. The van der Waals surface area contributed by atoms with Crippen LogP contribution in [-0.4, -0.2) is 82.7 Å². The molecule has 2 N–H and O–H groups in total. The third-order valence-corrected chi connectivity index (χ3v) is 7.52. The number of halogens is 3. The zero-order valence-corrected chi connectivity index (χ0v) is 21.0. The number of aliphatic hydroxyl groups excluding tert-OH is 1. The number of H-pyrrole nitrogens is 1. The highest BCUT2D eigenvalue weighted by Gasteiger charge is 2.48. The molecule has 2 aromatic heterocycles.